The predicted octanol–water partition coefficient (Wildman–Crippen LogP) is -1.24. The zero-order valence-corrected chi connectivity index (χ0v) is 5.38. The molecule has 6 nitrogen and oxygen atoms in total. The number of rotatable bonds is 1. The quantitative estimate of drug-likeness (QED) is 0.335. The lowest BCUT2D eigenvalue weighted by molar-refractivity contribution is 0.879. The molecular weight excluding hydrogens is 134 g/mol. The fraction of sp³-hybridized carbons (Fsp3) is 0.250. The predicted molar refractivity (Wildman–Crippen MR) is 35.2 cm³/mol. The standard InChI is InChI=1S/C4H7N5O/c1-2-3(7-5)6-4(10)9-8-2/h5H2,1H3,(H2,6,7,9,10). The highest BCUT2D eigenvalue weighted by atomic mass is 16.1. The number of H-pyrrole nitrogens is 1. The molecule has 1 aromatic rings. The first-order valence-corrected chi connectivity index (χ1v) is 2.64. The summed E-state index contributed by atoms with van der Waals surface area (Å²) in [5.41, 5.74) is 2.28. The first-order valence-electron chi connectivity index (χ1n) is 2.64. The number of nitrogens with two attached hydrogens (primary N) is 1. The second-order valence-corrected chi connectivity index (χ2v) is 1.72. The summed E-state index contributed by atoms with van der Waals surface area (Å²) in [6, 6.07) is 0. The van der Waals surface area contributed by atoms with Crippen molar-refractivity contribution in [1.29, 1.82) is 0 Å². The van der Waals surface area contributed by atoms with Gasteiger partial charge in [0.2, 0.25) is 0 Å². The molecule has 0 spiro atoms. The number of nitrogens with zero attached hydrogens (tertiary/aromatic N) is 2. The minimum absolute atomic E-state index is 0.295. The fourth-order valence-electron chi connectivity index (χ4n) is 0.529. The summed E-state index contributed by atoms with van der Waals surface area (Å²) in [4.78, 5) is 14.0. The number of hydrogen-bond donors (Lipinski definition) is 3. The number of nitrogens with one attached hydrogen (secondary N) is 2. The summed E-state index contributed by atoms with van der Waals surface area (Å²) in [7, 11) is 0. The Morgan fingerprint density at radius 2 is 2.40 bits per heavy atom. The van der Waals surface area contributed by atoms with Crippen LogP contribution in [0.5, 0.6) is 0 Å². The number of aromatic amines is 1. The van der Waals surface area contributed by atoms with Crippen LogP contribution in [0.25, 0.3) is 0 Å². The van der Waals surface area contributed by atoms with Gasteiger partial charge < -0.3 is 5.43 Å². The van der Waals surface area contributed by atoms with Crippen molar-refractivity contribution < 1.29 is 0 Å². The van der Waals surface area contributed by atoms with Gasteiger partial charge in [-0.3, -0.25) is 0 Å². The van der Waals surface area contributed by atoms with Crippen LogP contribution in [-0.4, -0.2) is 15.2 Å². The SMILES string of the molecule is Cc1n[nH]c(=O)nc1NN. The van der Waals surface area contributed by atoms with Crippen molar-refractivity contribution in [1.82, 2.24) is 15.2 Å². The summed E-state index contributed by atoms with van der Waals surface area (Å²) in [5.74, 6) is 5.31. The van der Waals surface area contributed by atoms with Crippen molar-refractivity contribution in [2.24, 2.45) is 5.84 Å². The van der Waals surface area contributed by atoms with E-state index in [0.717, 1.165) is 0 Å². The van der Waals surface area contributed by atoms with Crippen molar-refractivity contribution in [3.63, 3.8) is 0 Å². The topological polar surface area (TPSA) is 96.7 Å². The van der Waals surface area contributed by atoms with Gasteiger partial charge in [-0.05, 0) is 6.92 Å². The van der Waals surface area contributed by atoms with E-state index in [-0.39, 0.29) is 0 Å². The zero-order chi connectivity index (χ0) is 7.56. The Hall–Kier alpha value is -1.43. The Morgan fingerprint density at radius 3 is 2.90 bits per heavy atom. The minimum atomic E-state index is -0.515. The molecule has 0 saturated heterocycles. The molecule has 0 unspecified atom stereocenters. The van der Waals surface area contributed by atoms with Gasteiger partial charge in [0, 0.05) is 0 Å². The van der Waals surface area contributed by atoms with E-state index in [1.54, 1.807) is 6.92 Å². The number of aryl methyl sites for hydroxylation is 1. The molecule has 0 bridgehead atoms. The normalized spacial score (nSPS) is 9.40. The molecule has 1 heterocycles. The molecule has 1 aromatic heterocycles. The van der Waals surface area contributed by atoms with Crippen molar-refractivity contribution in [2.75, 3.05) is 5.43 Å². The number of nitrogen functional groups attached to an aromatic ring is 1. The maximum Gasteiger partial charge on any atom is 0.363 e. The minimum Gasteiger partial charge on any atom is -0.307 e. The van der Waals surface area contributed by atoms with Crippen LogP contribution in [-0.2, 0) is 0 Å². The Bertz CT molecular complexity index is 279. The molecule has 10 heavy (non-hydrogen) atoms. The molecular formula is C4H7N5O. The number of anilines is 1. The smallest absolute Gasteiger partial charge is 0.307 e. The molecule has 0 aliphatic rings. The Kier molecular flexibility index (Phi) is 1.63. The molecule has 0 atom stereocenters. The average Bonchev–Trinajstić information content (AvgIpc) is 1.94. The van der Waals surface area contributed by atoms with E-state index in [0.29, 0.717) is 11.5 Å². The van der Waals surface area contributed by atoms with E-state index in [2.05, 4.69) is 20.6 Å². The molecule has 4 N–H and O–H groups in total. The van der Waals surface area contributed by atoms with Gasteiger partial charge in [0.05, 0.1) is 0 Å². The molecule has 1 rings (SSSR count). The van der Waals surface area contributed by atoms with E-state index in [1.807, 2.05) is 0 Å². The summed E-state index contributed by atoms with van der Waals surface area (Å²) >= 11 is 0. The summed E-state index contributed by atoms with van der Waals surface area (Å²) < 4.78 is 0. The van der Waals surface area contributed by atoms with E-state index in [1.165, 1.54) is 0 Å². The Labute approximate surface area is 56.4 Å². The van der Waals surface area contributed by atoms with Gasteiger partial charge in [0.25, 0.3) is 0 Å². The van der Waals surface area contributed by atoms with Gasteiger partial charge in [0.1, 0.15) is 5.69 Å². The van der Waals surface area contributed by atoms with Crippen LogP contribution in [0, 0.1) is 6.92 Å². The van der Waals surface area contributed by atoms with E-state index < -0.39 is 5.69 Å². The van der Waals surface area contributed by atoms with Gasteiger partial charge in [-0.15, -0.1) is 0 Å². The fourth-order valence-corrected chi connectivity index (χ4v) is 0.529. The third kappa shape index (κ3) is 1.11. The zero-order valence-electron chi connectivity index (χ0n) is 5.38. The molecule has 0 aliphatic heterocycles. The lowest BCUT2D eigenvalue weighted by Gasteiger charge is -1.97. The van der Waals surface area contributed by atoms with Crippen LogP contribution >= 0.6 is 0 Å². The molecule has 0 amide bonds. The summed E-state index contributed by atoms with van der Waals surface area (Å²) in [6.07, 6.45) is 0. The van der Waals surface area contributed by atoms with Crippen molar-refractivity contribution in [3.8, 4) is 0 Å². The lowest BCUT2D eigenvalue weighted by Crippen LogP contribution is -2.19. The van der Waals surface area contributed by atoms with Gasteiger partial charge in [-0.1, -0.05) is 0 Å². The Morgan fingerprint density at radius 1 is 1.70 bits per heavy atom. The highest BCUT2D eigenvalue weighted by molar-refractivity contribution is 5.35. The molecule has 0 fully saturated rings. The van der Waals surface area contributed by atoms with E-state index >= 15 is 0 Å². The van der Waals surface area contributed by atoms with Crippen molar-refractivity contribution in [3.05, 3.63) is 16.2 Å². The third-order valence-electron chi connectivity index (χ3n) is 1.01. The maximum absolute atomic E-state index is 10.5. The van der Waals surface area contributed by atoms with Crippen LogP contribution in [0.15, 0.2) is 4.79 Å². The van der Waals surface area contributed by atoms with Crippen molar-refractivity contribution in [2.45, 2.75) is 6.92 Å². The van der Waals surface area contributed by atoms with Gasteiger partial charge in [0.15, 0.2) is 5.82 Å². The molecule has 0 aliphatic carbocycles. The first-order chi connectivity index (χ1) is 4.74. The lowest BCUT2D eigenvalue weighted by atomic mass is 10.5. The summed E-state index contributed by atoms with van der Waals surface area (Å²) in [6.45, 7) is 1.68. The second-order valence-electron chi connectivity index (χ2n) is 1.72. The van der Waals surface area contributed by atoms with Crippen LogP contribution in [0.4, 0.5) is 5.82 Å². The highest BCUT2D eigenvalue weighted by Crippen LogP contribution is 1.98. The molecule has 0 saturated carbocycles. The number of hydrazine groups is 1. The van der Waals surface area contributed by atoms with E-state index in [4.69, 9.17) is 5.84 Å². The molecule has 54 valence electrons. The van der Waals surface area contributed by atoms with Crippen LogP contribution in [0.3, 0.4) is 0 Å². The number of aromatic nitrogens is 3. The summed E-state index contributed by atoms with van der Waals surface area (Å²) in [5, 5.41) is 5.77. The molecule has 6 heteroatoms. The highest BCUT2D eigenvalue weighted by Gasteiger charge is 1.97. The first kappa shape index (κ1) is 6.69. The van der Waals surface area contributed by atoms with Crippen LogP contribution in [0.2, 0.25) is 0 Å². The van der Waals surface area contributed by atoms with E-state index in [9.17, 15) is 4.79 Å². The molecule has 0 aromatic carbocycles. The van der Waals surface area contributed by atoms with Gasteiger partial charge >= 0.3 is 5.69 Å². The van der Waals surface area contributed by atoms with Gasteiger partial charge in [-0.2, -0.15) is 10.1 Å². The second kappa shape index (κ2) is 2.44. The number of hydrogen-bond acceptors (Lipinski definition) is 5. The van der Waals surface area contributed by atoms with Crippen LogP contribution in [0.1, 0.15) is 5.69 Å². The average molecular weight is 141 g/mol. The van der Waals surface area contributed by atoms with Crippen LogP contribution < -0.4 is 17.0 Å². The molecule has 0 radical (unpaired) electrons. The largest absolute Gasteiger partial charge is 0.363 e. The maximum atomic E-state index is 10.5. The third-order valence-corrected chi connectivity index (χ3v) is 1.01. The monoisotopic (exact) mass is 141 g/mol. The Balaban J connectivity index is 3.22. The van der Waals surface area contributed by atoms with Crippen molar-refractivity contribution >= 4 is 5.82 Å². The van der Waals surface area contributed by atoms with Gasteiger partial charge in [-0.25, -0.2) is 15.7 Å².